The van der Waals surface area contributed by atoms with Crippen molar-refractivity contribution >= 4 is 28.0 Å². The predicted octanol–water partition coefficient (Wildman–Crippen LogP) is -1.93. The number of aliphatic carboxylic acids is 1. The van der Waals surface area contributed by atoms with Gasteiger partial charge < -0.3 is 20.1 Å². The van der Waals surface area contributed by atoms with Crippen LogP contribution in [0.5, 0.6) is 0 Å². The summed E-state index contributed by atoms with van der Waals surface area (Å²) in [7, 11) is -2.34. The fourth-order valence-corrected chi connectivity index (χ4v) is 3.41. The molecule has 0 aliphatic heterocycles. The Morgan fingerprint density at radius 3 is 2.29 bits per heavy atom. The quantitative estimate of drug-likeness (QED) is 0.346. The van der Waals surface area contributed by atoms with Gasteiger partial charge in [-0.1, -0.05) is 26.0 Å². The van der Waals surface area contributed by atoms with Gasteiger partial charge in [-0.15, -0.1) is 0 Å². The van der Waals surface area contributed by atoms with E-state index in [-0.39, 0.29) is 69.7 Å². The molecule has 1 aromatic heterocycles. The van der Waals surface area contributed by atoms with Gasteiger partial charge in [0.2, 0.25) is 16.0 Å². The Morgan fingerprint density at radius 1 is 1.21 bits per heavy atom. The van der Waals surface area contributed by atoms with Gasteiger partial charge in [0.05, 0.1) is 29.9 Å². The molecule has 0 bridgehead atoms. The third kappa shape index (κ3) is 8.75. The van der Waals surface area contributed by atoms with Crippen LogP contribution >= 0.6 is 0 Å². The fourth-order valence-electron chi connectivity index (χ4n) is 3.04. The van der Waals surface area contributed by atoms with Crippen LogP contribution in [0, 0.1) is 5.82 Å². The number of halogens is 1. The number of aromatic nitrogens is 2. The van der Waals surface area contributed by atoms with E-state index in [1.807, 2.05) is 13.8 Å². The summed E-state index contributed by atoms with van der Waals surface area (Å²) in [6, 6.07) is 5.46. The number of sulfonamides is 1. The van der Waals surface area contributed by atoms with Gasteiger partial charge in [0.1, 0.15) is 5.82 Å². The van der Waals surface area contributed by atoms with Crippen molar-refractivity contribution in [2.75, 3.05) is 17.6 Å². The molecule has 0 unspecified atom stereocenters. The van der Waals surface area contributed by atoms with Crippen molar-refractivity contribution in [1.82, 2.24) is 9.97 Å². The van der Waals surface area contributed by atoms with Gasteiger partial charge in [0.15, 0.2) is 0 Å². The number of aliphatic hydroxyl groups is 2. The topological polar surface area (TPSA) is 144 Å². The zero-order valence-electron chi connectivity index (χ0n) is 19.8. The molecule has 0 aliphatic carbocycles. The number of hydrogen-bond acceptors (Lipinski definition) is 8. The molecule has 180 valence electrons. The number of carbonyl (C=O) groups is 1. The van der Waals surface area contributed by atoms with E-state index >= 15 is 0 Å². The monoisotopic (exact) mass is 519 g/mol. The molecule has 0 radical (unpaired) electrons. The molecular weight excluding hydrogens is 492 g/mol. The molecule has 0 amide bonds. The molecule has 0 saturated heterocycles. The van der Waals surface area contributed by atoms with Crippen LogP contribution in [0.3, 0.4) is 0 Å². The summed E-state index contributed by atoms with van der Waals surface area (Å²) < 4.78 is 38.6. The van der Waals surface area contributed by atoms with Gasteiger partial charge in [0.25, 0.3) is 0 Å². The van der Waals surface area contributed by atoms with Crippen LogP contribution in [0.2, 0.25) is 0 Å². The van der Waals surface area contributed by atoms with E-state index in [1.165, 1.54) is 43.5 Å². The summed E-state index contributed by atoms with van der Waals surface area (Å²) in [5.74, 6) is -2.14. The second-order valence-corrected chi connectivity index (χ2v) is 9.97. The average Bonchev–Trinajstić information content (AvgIpc) is 2.70. The first-order chi connectivity index (χ1) is 15.3. The van der Waals surface area contributed by atoms with Crippen LogP contribution in [-0.2, 0) is 14.8 Å². The van der Waals surface area contributed by atoms with E-state index in [0.717, 1.165) is 10.6 Å². The standard InChI is InChI=1S/C22H28FN3O6S.K/c1-13(2)20-18(10-9-16(27)11-17(28)12-19(29)30)21(14-5-7-15(23)8-6-14)25-22(24-20)26(3)33(4,31)32;/h5-10,13,16-17,27-28H,11-12H2,1-4H3,(H,29,30);/q;+1/p-1/b10-9+;/t16-,17-;/m1./s1. The van der Waals surface area contributed by atoms with E-state index < -0.39 is 40.4 Å². The van der Waals surface area contributed by atoms with Crippen LogP contribution in [0.15, 0.2) is 30.3 Å². The molecular formula is C22H27FKN3O6S. The number of carbonyl (C=O) groups excluding carboxylic acids is 1. The van der Waals surface area contributed by atoms with Crippen molar-refractivity contribution < 1.29 is 84.3 Å². The van der Waals surface area contributed by atoms with Crippen LogP contribution < -0.4 is 60.8 Å². The molecule has 2 N–H and O–H groups in total. The number of carboxylic acids is 1. The van der Waals surface area contributed by atoms with E-state index in [2.05, 4.69) is 9.97 Å². The maximum Gasteiger partial charge on any atom is 1.00 e. The Kier molecular flexibility index (Phi) is 11.9. The molecule has 1 heterocycles. The zero-order chi connectivity index (χ0) is 24.9. The maximum absolute atomic E-state index is 13.5. The smallest absolute Gasteiger partial charge is 0.550 e. The van der Waals surface area contributed by atoms with Crippen LogP contribution in [-0.4, -0.2) is 60.1 Å². The molecule has 0 aliphatic rings. The van der Waals surface area contributed by atoms with Gasteiger partial charge >= 0.3 is 51.4 Å². The summed E-state index contributed by atoms with van der Waals surface area (Å²) >= 11 is 0. The number of rotatable bonds is 10. The number of benzene rings is 1. The molecule has 2 rings (SSSR count). The third-order valence-corrected chi connectivity index (χ3v) is 5.97. The third-order valence-electron chi connectivity index (χ3n) is 4.81. The molecule has 9 nitrogen and oxygen atoms in total. The number of hydrogen-bond donors (Lipinski definition) is 2. The van der Waals surface area contributed by atoms with Crippen molar-refractivity contribution in [2.45, 2.75) is 44.8 Å². The molecule has 1 aromatic carbocycles. The summed E-state index contributed by atoms with van der Waals surface area (Å²) in [5.41, 5.74) is 1.76. The first-order valence-corrected chi connectivity index (χ1v) is 12.0. The molecule has 2 aromatic rings. The van der Waals surface area contributed by atoms with Crippen LogP contribution in [0.4, 0.5) is 10.3 Å². The SMILES string of the molecule is CC(C)c1nc(N(C)S(C)(=O)=O)nc(-c2ccc(F)cc2)c1/C=C/[C@@H](O)C[C@@H](O)CC(=O)[O-].[K+]. The van der Waals surface area contributed by atoms with Gasteiger partial charge in [-0.25, -0.2) is 27.1 Å². The van der Waals surface area contributed by atoms with Gasteiger partial charge in [-0.3, -0.25) is 0 Å². The summed E-state index contributed by atoms with van der Waals surface area (Å²) in [5, 5.41) is 30.6. The van der Waals surface area contributed by atoms with E-state index in [1.54, 1.807) is 0 Å². The van der Waals surface area contributed by atoms with E-state index in [0.29, 0.717) is 22.5 Å². The van der Waals surface area contributed by atoms with Crippen LogP contribution in [0.1, 0.15) is 43.9 Å². The minimum atomic E-state index is -3.66. The molecule has 2 atom stereocenters. The molecule has 0 fully saturated rings. The zero-order valence-corrected chi connectivity index (χ0v) is 23.7. The van der Waals surface area contributed by atoms with Gasteiger partial charge in [0, 0.05) is 37.0 Å². The minimum absolute atomic E-state index is 0. The summed E-state index contributed by atoms with van der Waals surface area (Å²) in [4.78, 5) is 19.4. The van der Waals surface area contributed by atoms with Gasteiger partial charge in [-0.2, -0.15) is 0 Å². The van der Waals surface area contributed by atoms with Crippen molar-refractivity contribution in [3.63, 3.8) is 0 Å². The average molecular weight is 520 g/mol. The minimum Gasteiger partial charge on any atom is -0.550 e. The van der Waals surface area contributed by atoms with Crippen molar-refractivity contribution in [3.05, 3.63) is 47.4 Å². The van der Waals surface area contributed by atoms with Crippen molar-refractivity contribution in [1.29, 1.82) is 0 Å². The number of carboxylic acid groups (broad SMARTS) is 1. The summed E-state index contributed by atoms with van der Waals surface area (Å²) in [6.07, 6.45) is 0.578. The van der Waals surface area contributed by atoms with Gasteiger partial charge in [-0.05, 0) is 30.2 Å². The van der Waals surface area contributed by atoms with Crippen molar-refractivity contribution in [3.8, 4) is 11.3 Å². The maximum atomic E-state index is 13.5. The first-order valence-electron chi connectivity index (χ1n) is 10.2. The fraction of sp³-hybridized carbons (Fsp3) is 0.409. The first kappa shape index (κ1) is 30.8. The number of aliphatic hydroxyl groups excluding tert-OH is 2. The molecule has 34 heavy (non-hydrogen) atoms. The summed E-state index contributed by atoms with van der Waals surface area (Å²) in [6.45, 7) is 3.69. The second-order valence-electron chi connectivity index (χ2n) is 7.96. The molecule has 0 saturated carbocycles. The Morgan fingerprint density at radius 2 is 1.79 bits per heavy atom. The number of nitrogens with zero attached hydrogens (tertiary/aromatic N) is 3. The number of anilines is 1. The normalized spacial score (nSPS) is 13.5. The van der Waals surface area contributed by atoms with E-state index in [4.69, 9.17) is 0 Å². The molecule has 0 spiro atoms. The predicted molar refractivity (Wildman–Crippen MR) is 120 cm³/mol. The largest absolute Gasteiger partial charge is 1.00 e. The Labute approximate surface area is 241 Å². The Balaban J connectivity index is 0.00000578. The Bertz CT molecular complexity index is 1130. The van der Waals surface area contributed by atoms with Crippen LogP contribution in [0.25, 0.3) is 17.3 Å². The second kappa shape index (κ2) is 13.2. The Hall–Kier alpha value is -1.25. The molecule has 12 heteroatoms. The van der Waals surface area contributed by atoms with Crippen molar-refractivity contribution in [2.24, 2.45) is 0 Å². The van der Waals surface area contributed by atoms with E-state index in [9.17, 15) is 32.9 Å².